The maximum absolute atomic E-state index is 14.6. The van der Waals surface area contributed by atoms with Crippen LogP contribution in [0.5, 0.6) is 0 Å². The monoisotopic (exact) mass is 573 g/mol. The molecule has 0 aliphatic carbocycles. The van der Waals surface area contributed by atoms with Crippen molar-refractivity contribution in [3.05, 3.63) is 94.8 Å². The van der Waals surface area contributed by atoms with Crippen LogP contribution in [0.2, 0.25) is 5.02 Å². The summed E-state index contributed by atoms with van der Waals surface area (Å²) < 4.78 is 43.3. The highest BCUT2D eigenvalue weighted by atomic mass is 35.5. The van der Waals surface area contributed by atoms with Crippen LogP contribution >= 0.6 is 11.6 Å². The lowest BCUT2D eigenvalue weighted by atomic mass is 10.1. The zero-order valence-corrected chi connectivity index (χ0v) is 24.2. The van der Waals surface area contributed by atoms with Gasteiger partial charge >= 0.3 is 0 Å². The van der Waals surface area contributed by atoms with E-state index in [1.165, 1.54) is 48.2 Å². The minimum Gasteiger partial charge on any atom is -0.350 e. The van der Waals surface area contributed by atoms with Crippen molar-refractivity contribution in [2.24, 2.45) is 0 Å². The smallest absolute Gasteiger partial charge is 0.264 e. The van der Waals surface area contributed by atoms with Gasteiger partial charge < -0.3 is 10.2 Å². The number of hydrogen-bond donors (Lipinski definition) is 1. The highest BCUT2D eigenvalue weighted by molar-refractivity contribution is 7.92. The summed E-state index contributed by atoms with van der Waals surface area (Å²) in [4.78, 5) is 28.2. The van der Waals surface area contributed by atoms with Crippen molar-refractivity contribution in [1.29, 1.82) is 0 Å². The van der Waals surface area contributed by atoms with Gasteiger partial charge in [-0.1, -0.05) is 54.1 Å². The molecule has 0 radical (unpaired) electrons. The van der Waals surface area contributed by atoms with E-state index in [0.29, 0.717) is 5.56 Å². The van der Waals surface area contributed by atoms with E-state index in [-0.39, 0.29) is 27.7 Å². The molecular weight excluding hydrogens is 541 g/mol. The number of rotatable bonds is 9. The molecular formula is C29H33ClFN3O4S. The third-order valence-corrected chi connectivity index (χ3v) is 8.02. The molecule has 2 amide bonds. The van der Waals surface area contributed by atoms with Gasteiger partial charge in [0.15, 0.2) is 0 Å². The Bertz CT molecular complexity index is 1440. The van der Waals surface area contributed by atoms with Crippen molar-refractivity contribution in [2.75, 3.05) is 10.8 Å². The predicted octanol–water partition coefficient (Wildman–Crippen LogP) is 5.31. The molecule has 0 unspecified atom stereocenters. The van der Waals surface area contributed by atoms with E-state index in [9.17, 15) is 22.4 Å². The molecule has 0 aromatic heterocycles. The molecule has 1 N–H and O–H groups in total. The molecule has 3 rings (SSSR count). The topological polar surface area (TPSA) is 86.8 Å². The first-order valence-electron chi connectivity index (χ1n) is 12.4. The lowest BCUT2D eigenvalue weighted by Crippen LogP contribution is -2.54. The minimum atomic E-state index is -4.23. The zero-order valence-electron chi connectivity index (χ0n) is 22.6. The number of amides is 2. The van der Waals surface area contributed by atoms with Gasteiger partial charge in [0.1, 0.15) is 18.4 Å². The number of benzene rings is 3. The molecule has 0 heterocycles. The fourth-order valence-electron chi connectivity index (χ4n) is 3.95. The lowest BCUT2D eigenvalue weighted by Gasteiger charge is -2.34. The average Bonchev–Trinajstić information content (AvgIpc) is 2.87. The van der Waals surface area contributed by atoms with E-state index in [4.69, 9.17) is 11.6 Å². The number of sulfonamides is 1. The second-order valence-corrected chi connectivity index (χ2v) is 12.6. The van der Waals surface area contributed by atoms with Crippen molar-refractivity contribution in [3.8, 4) is 0 Å². The van der Waals surface area contributed by atoms with Gasteiger partial charge in [-0.2, -0.15) is 0 Å². The Kier molecular flexibility index (Phi) is 9.40. The molecule has 0 fully saturated rings. The normalized spacial score (nSPS) is 12.5. The summed E-state index contributed by atoms with van der Waals surface area (Å²) in [5.74, 6) is -1.68. The van der Waals surface area contributed by atoms with E-state index < -0.39 is 45.8 Å². The third-order valence-electron chi connectivity index (χ3n) is 6.01. The number of carbonyl (C=O) groups excluding carboxylic acids is 2. The van der Waals surface area contributed by atoms with Gasteiger partial charge in [-0.25, -0.2) is 12.8 Å². The molecule has 1 atom stereocenters. The molecule has 0 aliphatic rings. The number of nitrogens with one attached hydrogen (secondary N) is 1. The van der Waals surface area contributed by atoms with Gasteiger partial charge in [0, 0.05) is 22.7 Å². The predicted molar refractivity (Wildman–Crippen MR) is 151 cm³/mol. The highest BCUT2D eigenvalue weighted by Crippen LogP contribution is 2.30. The van der Waals surface area contributed by atoms with Gasteiger partial charge in [0.2, 0.25) is 11.8 Å². The number of aryl methyl sites for hydroxylation is 1. The Labute approximate surface area is 234 Å². The largest absolute Gasteiger partial charge is 0.350 e. The molecule has 3 aromatic rings. The maximum atomic E-state index is 14.6. The zero-order chi connectivity index (χ0) is 29.0. The highest BCUT2D eigenvalue weighted by Gasteiger charge is 2.34. The van der Waals surface area contributed by atoms with Crippen LogP contribution in [0.15, 0.2) is 77.7 Å². The van der Waals surface area contributed by atoms with E-state index in [1.807, 2.05) is 0 Å². The van der Waals surface area contributed by atoms with Gasteiger partial charge in [-0.3, -0.25) is 13.9 Å². The molecule has 0 spiro atoms. The Balaban J connectivity index is 2.08. The van der Waals surface area contributed by atoms with E-state index in [1.54, 1.807) is 64.1 Å². The summed E-state index contributed by atoms with van der Waals surface area (Å²) in [5, 5.41) is 3.13. The van der Waals surface area contributed by atoms with Crippen molar-refractivity contribution in [2.45, 2.75) is 57.6 Å². The van der Waals surface area contributed by atoms with E-state index in [0.717, 1.165) is 4.31 Å². The van der Waals surface area contributed by atoms with Gasteiger partial charge in [-0.15, -0.1) is 0 Å². The van der Waals surface area contributed by atoms with Crippen LogP contribution in [0.3, 0.4) is 0 Å². The van der Waals surface area contributed by atoms with Gasteiger partial charge in [-0.05, 0) is 70.5 Å². The Morgan fingerprint density at radius 2 is 1.62 bits per heavy atom. The molecule has 10 heteroatoms. The van der Waals surface area contributed by atoms with Crippen LogP contribution in [-0.4, -0.2) is 43.3 Å². The summed E-state index contributed by atoms with van der Waals surface area (Å²) >= 11 is 6.22. The first-order valence-corrected chi connectivity index (χ1v) is 14.2. The maximum Gasteiger partial charge on any atom is 0.264 e. The van der Waals surface area contributed by atoms with Crippen LogP contribution in [0.25, 0.3) is 0 Å². The first kappa shape index (κ1) is 30.1. The SMILES string of the molecule is Cc1ccc(Cl)cc1N(CC(=O)N(Cc1ccccc1F)[C@H](C)C(=O)NC(C)(C)C)S(=O)(=O)c1ccccc1. The van der Waals surface area contributed by atoms with E-state index >= 15 is 0 Å². The number of hydrogen-bond acceptors (Lipinski definition) is 4. The lowest BCUT2D eigenvalue weighted by molar-refractivity contribution is -0.140. The molecule has 0 saturated heterocycles. The van der Waals surface area contributed by atoms with Crippen LogP contribution in [0, 0.1) is 12.7 Å². The Morgan fingerprint density at radius 3 is 2.23 bits per heavy atom. The third kappa shape index (κ3) is 7.58. The molecule has 7 nitrogen and oxygen atoms in total. The number of halogens is 2. The second kappa shape index (κ2) is 12.2. The van der Waals surface area contributed by atoms with Crippen molar-refractivity contribution >= 4 is 39.1 Å². The summed E-state index contributed by atoms with van der Waals surface area (Å²) in [6.45, 7) is 7.77. The molecule has 0 aliphatic heterocycles. The molecule has 0 bridgehead atoms. The Hall–Kier alpha value is -3.43. The fraction of sp³-hybridized carbons (Fsp3) is 0.310. The fourth-order valence-corrected chi connectivity index (χ4v) is 5.61. The van der Waals surface area contributed by atoms with Crippen molar-refractivity contribution in [1.82, 2.24) is 10.2 Å². The molecule has 0 saturated carbocycles. The quantitative estimate of drug-likeness (QED) is 0.376. The van der Waals surface area contributed by atoms with Crippen molar-refractivity contribution < 1.29 is 22.4 Å². The number of carbonyl (C=O) groups is 2. The first-order chi connectivity index (χ1) is 18.2. The molecule has 39 heavy (non-hydrogen) atoms. The van der Waals surface area contributed by atoms with Crippen LogP contribution in [0.4, 0.5) is 10.1 Å². The molecule has 3 aromatic carbocycles. The van der Waals surface area contributed by atoms with Crippen molar-refractivity contribution in [3.63, 3.8) is 0 Å². The van der Waals surface area contributed by atoms with Crippen LogP contribution in [-0.2, 0) is 26.2 Å². The molecule has 208 valence electrons. The summed E-state index contributed by atoms with van der Waals surface area (Å²) in [5.41, 5.74) is 0.402. The average molecular weight is 574 g/mol. The summed E-state index contributed by atoms with van der Waals surface area (Å²) in [6.07, 6.45) is 0. The van der Waals surface area contributed by atoms with E-state index in [2.05, 4.69) is 5.32 Å². The van der Waals surface area contributed by atoms with Crippen LogP contribution in [0.1, 0.15) is 38.8 Å². The summed E-state index contributed by atoms with van der Waals surface area (Å²) in [6, 6.07) is 17.4. The van der Waals surface area contributed by atoms with Gasteiger partial charge in [0.05, 0.1) is 10.6 Å². The standard InChI is InChI=1S/C29H33ClFN3O4S/c1-20-15-16-23(30)17-26(20)34(39(37,38)24-12-7-6-8-13-24)19-27(35)33(18-22-11-9-10-14-25(22)31)21(2)28(36)32-29(3,4)5/h6-17,21H,18-19H2,1-5H3,(H,32,36)/t21-/m1/s1. The summed E-state index contributed by atoms with van der Waals surface area (Å²) in [7, 11) is -4.23. The number of anilines is 1. The second-order valence-electron chi connectivity index (χ2n) is 10.3. The Morgan fingerprint density at radius 1 is 1.00 bits per heavy atom. The van der Waals surface area contributed by atoms with Gasteiger partial charge in [0.25, 0.3) is 10.0 Å². The number of nitrogens with zero attached hydrogens (tertiary/aromatic N) is 2. The minimum absolute atomic E-state index is 0.0173. The van der Waals surface area contributed by atoms with Crippen LogP contribution < -0.4 is 9.62 Å².